The van der Waals surface area contributed by atoms with Crippen LogP contribution in [0.4, 0.5) is 0 Å². The van der Waals surface area contributed by atoms with Crippen LogP contribution in [0.5, 0.6) is 0 Å². The molecule has 104 valence electrons. The number of carboxylic acids is 1. The summed E-state index contributed by atoms with van der Waals surface area (Å²) in [6, 6.07) is 15.3. The molecule has 4 heteroatoms. The van der Waals surface area contributed by atoms with Gasteiger partial charge in [-0.15, -0.1) is 0 Å². The Morgan fingerprint density at radius 2 is 1.90 bits per heavy atom. The molecule has 3 rings (SSSR count). The number of aromatic amines is 1. The smallest absolute Gasteiger partial charge is 0.328 e. The summed E-state index contributed by atoms with van der Waals surface area (Å²) in [5.74, 6) is -0.960. The van der Waals surface area contributed by atoms with Gasteiger partial charge in [-0.1, -0.05) is 36.4 Å². The van der Waals surface area contributed by atoms with E-state index >= 15 is 0 Å². The minimum absolute atomic E-state index is 0.686. The van der Waals surface area contributed by atoms with E-state index in [0.29, 0.717) is 5.57 Å². The molecule has 0 saturated heterocycles. The largest absolute Gasteiger partial charge is 0.478 e. The average molecular weight is 278 g/mol. The first-order valence-corrected chi connectivity index (χ1v) is 6.60. The number of H-pyrrole nitrogens is 1. The number of aliphatic carboxylic acids is 1. The van der Waals surface area contributed by atoms with Gasteiger partial charge in [0.05, 0.1) is 11.2 Å². The van der Waals surface area contributed by atoms with Gasteiger partial charge in [0.15, 0.2) is 0 Å². The van der Waals surface area contributed by atoms with Crippen molar-refractivity contribution in [2.24, 2.45) is 0 Å². The van der Waals surface area contributed by atoms with E-state index in [0.717, 1.165) is 27.7 Å². The van der Waals surface area contributed by atoms with Gasteiger partial charge in [0.1, 0.15) is 0 Å². The Bertz CT molecular complexity index is 832. The number of carbonyl (C=O) groups is 1. The van der Waals surface area contributed by atoms with Crippen molar-refractivity contribution in [2.45, 2.75) is 6.92 Å². The van der Waals surface area contributed by atoms with Crippen LogP contribution in [-0.2, 0) is 4.79 Å². The highest BCUT2D eigenvalue weighted by Gasteiger charge is 2.09. The molecular formula is C17H14N2O2. The van der Waals surface area contributed by atoms with E-state index in [1.165, 1.54) is 6.08 Å². The Kier molecular flexibility index (Phi) is 3.28. The van der Waals surface area contributed by atoms with Gasteiger partial charge in [0.25, 0.3) is 0 Å². The van der Waals surface area contributed by atoms with Crippen LogP contribution in [0.1, 0.15) is 16.8 Å². The Labute approximate surface area is 121 Å². The van der Waals surface area contributed by atoms with Gasteiger partial charge in [-0.2, -0.15) is 5.10 Å². The van der Waals surface area contributed by atoms with Crippen molar-refractivity contribution in [2.75, 3.05) is 0 Å². The summed E-state index contributed by atoms with van der Waals surface area (Å²) < 4.78 is 0. The van der Waals surface area contributed by atoms with Crippen LogP contribution in [0.2, 0.25) is 0 Å². The molecule has 2 aromatic carbocycles. The number of hydrogen-bond donors (Lipinski definition) is 2. The number of aryl methyl sites for hydroxylation is 1. The summed E-state index contributed by atoms with van der Waals surface area (Å²) in [7, 11) is 0. The van der Waals surface area contributed by atoms with E-state index in [-0.39, 0.29) is 0 Å². The molecule has 0 aliphatic heterocycles. The van der Waals surface area contributed by atoms with E-state index in [1.807, 2.05) is 55.5 Å². The fourth-order valence-electron chi connectivity index (χ4n) is 2.39. The third kappa shape index (κ3) is 2.56. The Hall–Kier alpha value is -2.88. The Balaban J connectivity index is 2.19. The number of fused-ring (bicyclic) bond motifs is 1. The van der Waals surface area contributed by atoms with Gasteiger partial charge < -0.3 is 5.11 Å². The summed E-state index contributed by atoms with van der Waals surface area (Å²) in [4.78, 5) is 11.1. The van der Waals surface area contributed by atoms with Crippen molar-refractivity contribution in [3.63, 3.8) is 0 Å². The molecule has 1 aromatic heterocycles. The molecule has 0 aliphatic rings. The summed E-state index contributed by atoms with van der Waals surface area (Å²) in [5, 5.41) is 17.3. The van der Waals surface area contributed by atoms with Gasteiger partial charge >= 0.3 is 5.97 Å². The number of nitrogens with zero attached hydrogens (tertiary/aromatic N) is 1. The van der Waals surface area contributed by atoms with Crippen LogP contribution in [0.15, 0.2) is 54.6 Å². The average Bonchev–Trinajstić information content (AvgIpc) is 2.86. The van der Waals surface area contributed by atoms with Crippen LogP contribution < -0.4 is 0 Å². The molecule has 0 aliphatic carbocycles. The van der Waals surface area contributed by atoms with E-state index in [4.69, 9.17) is 5.11 Å². The van der Waals surface area contributed by atoms with Gasteiger partial charge in [0.2, 0.25) is 0 Å². The van der Waals surface area contributed by atoms with Crippen molar-refractivity contribution in [1.82, 2.24) is 10.2 Å². The molecule has 0 radical (unpaired) electrons. The second kappa shape index (κ2) is 5.25. The highest BCUT2D eigenvalue weighted by molar-refractivity contribution is 5.97. The lowest BCUT2D eigenvalue weighted by atomic mass is 9.96. The van der Waals surface area contributed by atoms with Crippen LogP contribution >= 0.6 is 0 Å². The van der Waals surface area contributed by atoms with Crippen molar-refractivity contribution in [3.05, 3.63) is 71.4 Å². The second-order valence-electron chi connectivity index (χ2n) is 4.83. The van der Waals surface area contributed by atoms with Gasteiger partial charge in [0, 0.05) is 11.5 Å². The summed E-state index contributed by atoms with van der Waals surface area (Å²) in [5.41, 5.74) is 4.26. The van der Waals surface area contributed by atoms with Crippen molar-refractivity contribution < 1.29 is 9.90 Å². The van der Waals surface area contributed by atoms with Gasteiger partial charge in [-0.3, -0.25) is 5.10 Å². The third-order valence-electron chi connectivity index (χ3n) is 3.42. The molecule has 1 heterocycles. The molecule has 4 nitrogen and oxygen atoms in total. The molecule has 0 fully saturated rings. The van der Waals surface area contributed by atoms with E-state index in [2.05, 4.69) is 10.2 Å². The standard InChI is InChI=1S/C17H14N2O2/c1-11-14-9-13(7-8-16(14)19-18-11)15(10-17(20)21)12-5-3-2-4-6-12/h2-10H,1H3,(H,18,19)(H,20,21)/b15-10-. The molecule has 0 atom stereocenters. The van der Waals surface area contributed by atoms with E-state index < -0.39 is 5.97 Å². The predicted octanol–water partition coefficient (Wildman–Crippen LogP) is 3.39. The molecule has 2 N–H and O–H groups in total. The monoisotopic (exact) mass is 278 g/mol. The fraction of sp³-hybridized carbons (Fsp3) is 0.0588. The van der Waals surface area contributed by atoms with Crippen molar-refractivity contribution in [3.8, 4) is 0 Å². The number of rotatable bonds is 3. The summed E-state index contributed by atoms with van der Waals surface area (Å²) in [6.45, 7) is 1.92. The maximum atomic E-state index is 11.1. The topological polar surface area (TPSA) is 66.0 Å². The molecular weight excluding hydrogens is 264 g/mol. The normalized spacial score (nSPS) is 11.8. The molecule has 3 aromatic rings. The van der Waals surface area contributed by atoms with Crippen molar-refractivity contribution >= 4 is 22.4 Å². The summed E-state index contributed by atoms with van der Waals surface area (Å²) >= 11 is 0. The van der Waals surface area contributed by atoms with E-state index in [9.17, 15) is 4.79 Å². The minimum Gasteiger partial charge on any atom is -0.478 e. The Morgan fingerprint density at radius 1 is 1.14 bits per heavy atom. The van der Waals surface area contributed by atoms with Gasteiger partial charge in [-0.25, -0.2) is 4.79 Å². The molecule has 0 bridgehead atoms. The third-order valence-corrected chi connectivity index (χ3v) is 3.42. The number of aromatic nitrogens is 2. The lowest BCUT2D eigenvalue weighted by Gasteiger charge is -2.08. The number of nitrogens with one attached hydrogen (secondary N) is 1. The van der Waals surface area contributed by atoms with Gasteiger partial charge in [-0.05, 0) is 35.8 Å². The number of hydrogen-bond acceptors (Lipinski definition) is 2. The van der Waals surface area contributed by atoms with Crippen LogP contribution in [0.3, 0.4) is 0 Å². The predicted molar refractivity (Wildman–Crippen MR) is 82.0 cm³/mol. The highest BCUT2D eigenvalue weighted by atomic mass is 16.4. The molecule has 0 unspecified atom stereocenters. The lowest BCUT2D eigenvalue weighted by molar-refractivity contribution is -0.131. The first kappa shape index (κ1) is 13.1. The molecule has 0 amide bonds. The Morgan fingerprint density at radius 3 is 2.62 bits per heavy atom. The van der Waals surface area contributed by atoms with Crippen molar-refractivity contribution in [1.29, 1.82) is 0 Å². The first-order chi connectivity index (χ1) is 10.1. The zero-order chi connectivity index (χ0) is 14.8. The maximum Gasteiger partial charge on any atom is 0.328 e. The lowest BCUT2D eigenvalue weighted by Crippen LogP contribution is -1.94. The van der Waals surface area contributed by atoms with E-state index in [1.54, 1.807) is 0 Å². The minimum atomic E-state index is -0.960. The maximum absolute atomic E-state index is 11.1. The number of benzene rings is 2. The molecule has 21 heavy (non-hydrogen) atoms. The van der Waals surface area contributed by atoms with Crippen LogP contribution in [0, 0.1) is 6.92 Å². The zero-order valence-electron chi connectivity index (χ0n) is 11.5. The van der Waals surface area contributed by atoms with Crippen LogP contribution in [0.25, 0.3) is 16.5 Å². The SMILES string of the molecule is Cc1n[nH]c2ccc(/C(=C\C(=O)O)c3ccccc3)cc12. The van der Waals surface area contributed by atoms with Crippen LogP contribution in [-0.4, -0.2) is 21.3 Å². The molecule has 0 saturated carbocycles. The fourth-order valence-corrected chi connectivity index (χ4v) is 2.39. The summed E-state index contributed by atoms with van der Waals surface area (Å²) in [6.07, 6.45) is 1.24. The highest BCUT2D eigenvalue weighted by Crippen LogP contribution is 2.27. The molecule has 0 spiro atoms. The second-order valence-corrected chi connectivity index (χ2v) is 4.83. The number of carboxylic acid groups (broad SMARTS) is 1. The first-order valence-electron chi connectivity index (χ1n) is 6.60. The zero-order valence-corrected chi connectivity index (χ0v) is 11.5. The quantitative estimate of drug-likeness (QED) is 0.722.